The molecule has 8 nitrogen and oxygen atoms in total. The molecule has 0 spiro atoms. The van der Waals surface area contributed by atoms with E-state index in [0.717, 1.165) is 6.07 Å². The van der Waals surface area contributed by atoms with Crippen LogP contribution in [-0.4, -0.2) is 39.7 Å². The van der Waals surface area contributed by atoms with Crippen molar-refractivity contribution in [2.45, 2.75) is 4.90 Å². The number of sulfonamides is 1. The summed E-state index contributed by atoms with van der Waals surface area (Å²) in [6.45, 7) is 0. The maximum atomic E-state index is 14.3. The normalized spacial score (nSPS) is 11.4. The second kappa shape index (κ2) is 7.33. The quantitative estimate of drug-likeness (QED) is 0.664. The number of hydrogen-bond donors (Lipinski definition) is 2. The van der Waals surface area contributed by atoms with Crippen LogP contribution in [0.4, 0.5) is 15.9 Å². The minimum absolute atomic E-state index is 0.0517. The third-order valence-electron chi connectivity index (χ3n) is 3.90. The van der Waals surface area contributed by atoms with Crippen molar-refractivity contribution in [2.75, 3.05) is 26.6 Å². The van der Waals surface area contributed by atoms with E-state index in [2.05, 4.69) is 20.0 Å². The number of methoxy groups -OCH3 is 2. The van der Waals surface area contributed by atoms with Crippen molar-refractivity contribution < 1.29 is 22.3 Å². The van der Waals surface area contributed by atoms with Crippen molar-refractivity contribution in [1.82, 2.24) is 14.7 Å². The number of fused-ring (bicyclic) bond motifs is 1. The SMILES string of the molecule is CNS(=O)(=O)c1ccc(F)c(Nc2ncnc3cc(OC)cc(OC)c23)c1. The molecule has 1 heterocycles. The molecule has 3 rings (SSSR count). The second-order valence-corrected chi connectivity index (χ2v) is 7.31. The Hall–Kier alpha value is -2.98. The number of nitrogens with one attached hydrogen (secondary N) is 2. The van der Waals surface area contributed by atoms with E-state index in [1.165, 1.54) is 39.7 Å². The van der Waals surface area contributed by atoms with Gasteiger partial charge in [-0.25, -0.2) is 27.5 Å². The number of halogens is 1. The molecule has 0 aliphatic heterocycles. The Labute approximate surface area is 155 Å². The lowest BCUT2D eigenvalue weighted by molar-refractivity contribution is 0.398. The van der Waals surface area contributed by atoms with Gasteiger partial charge in [0.05, 0.1) is 35.7 Å². The van der Waals surface area contributed by atoms with Gasteiger partial charge in [-0.05, 0) is 25.2 Å². The number of anilines is 2. The smallest absolute Gasteiger partial charge is 0.240 e. The Balaban J connectivity index is 2.14. The Bertz CT molecular complexity index is 1110. The lowest BCUT2D eigenvalue weighted by Crippen LogP contribution is -2.18. The molecular weight excluding hydrogens is 375 g/mol. The fraction of sp³-hybridized carbons (Fsp3) is 0.176. The number of benzene rings is 2. The van der Waals surface area contributed by atoms with Gasteiger partial charge in [-0.1, -0.05) is 0 Å². The van der Waals surface area contributed by atoms with Gasteiger partial charge in [-0.2, -0.15) is 0 Å². The van der Waals surface area contributed by atoms with E-state index < -0.39 is 15.8 Å². The van der Waals surface area contributed by atoms with Crippen LogP contribution in [0, 0.1) is 5.82 Å². The van der Waals surface area contributed by atoms with Crippen LogP contribution >= 0.6 is 0 Å². The maximum absolute atomic E-state index is 14.3. The third kappa shape index (κ3) is 3.62. The Morgan fingerprint density at radius 2 is 1.85 bits per heavy atom. The molecule has 2 aromatic carbocycles. The van der Waals surface area contributed by atoms with Crippen LogP contribution in [0.1, 0.15) is 0 Å². The highest BCUT2D eigenvalue weighted by molar-refractivity contribution is 7.89. The fourth-order valence-electron chi connectivity index (χ4n) is 2.52. The van der Waals surface area contributed by atoms with E-state index in [1.807, 2.05) is 0 Å². The summed E-state index contributed by atoms with van der Waals surface area (Å²) in [5, 5.41) is 3.33. The van der Waals surface area contributed by atoms with E-state index in [4.69, 9.17) is 9.47 Å². The largest absolute Gasteiger partial charge is 0.497 e. The maximum Gasteiger partial charge on any atom is 0.240 e. The average molecular weight is 392 g/mol. The number of aromatic nitrogens is 2. The molecule has 142 valence electrons. The molecule has 0 unspecified atom stereocenters. The molecule has 0 saturated carbocycles. The first-order valence-electron chi connectivity index (χ1n) is 7.76. The van der Waals surface area contributed by atoms with Crippen LogP contribution in [-0.2, 0) is 10.0 Å². The zero-order valence-corrected chi connectivity index (χ0v) is 15.6. The molecule has 10 heteroatoms. The lowest BCUT2D eigenvalue weighted by atomic mass is 10.2. The van der Waals surface area contributed by atoms with Crippen LogP contribution in [0.25, 0.3) is 10.9 Å². The molecule has 0 bridgehead atoms. The number of hydrogen-bond acceptors (Lipinski definition) is 7. The molecule has 0 aliphatic carbocycles. The minimum Gasteiger partial charge on any atom is -0.497 e. The summed E-state index contributed by atoms with van der Waals surface area (Å²) in [7, 11) is 0.551. The van der Waals surface area contributed by atoms with Gasteiger partial charge < -0.3 is 14.8 Å². The highest BCUT2D eigenvalue weighted by atomic mass is 32.2. The number of rotatable bonds is 6. The monoisotopic (exact) mass is 392 g/mol. The Morgan fingerprint density at radius 1 is 1.07 bits per heavy atom. The molecule has 0 saturated heterocycles. The van der Waals surface area contributed by atoms with Gasteiger partial charge in [0.15, 0.2) is 0 Å². The molecule has 0 aliphatic rings. The lowest BCUT2D eigenvalue weighted by Gasteiger charge is -2.14. The Morgan fingerprint density at radius 3 is 2.52 bits per heavy atom. The summed E-state index contributed by atoms with van der Waals surface area (Å²) >= 11 is 0. The average Bonchev–Trinajstić information content (AvgIpc) is 2.68. The van der Waals surface area contributed by atoms with E-state index >= 15 is 0 Å². The first kappa shape index (κ1) is 18.8. The summed E-state index contributed by atoms with van der Waals surface area (Å²) in [4.78, 5) is 8.24. The fourth-order valence-corrected chi connectivity index (χ4v) is 3.27. The van der Waals surface area contributed by atoms with Crippen LogP contribution in [0.5, 0.6) is 11.5 Å². The van der Waals surface area contributed by atoms with Crippen molar-refractivity contribution in [3.8, 4) is 11.5 Å². The number of nitrogens with zero attached hydrogens (tertiary/aromatic N) is 2. The van der Waals surface area contributed by atoms with E-state index in [-0.39, 0.29) is 16.4 Å². The summed E-state index contributed by atoms with van der Waals surface area (Å²) < 4.78 is 51.0. The highest BCUT2D eigenvalue weighted by Crippen LogP contribution is 2.35. The molecule has 0 radical (unpaired) electrons. The topological polar surface area (TPSA) is 102 Å². The summed E-state index contributed by atoms with van der Waals surface area (Å²) in [6.07, 6.45) is 1.30. The Kier molecular flexibility index (Phi) is 5.10. The predicted molar refractivity (Wildman–Crippen MR) is 98.6 cm³/mol. The molecule has 2 N–H and O–H groups in total. The van der Waals surface area contributed by atoms with Crippen LogP contribution in [0.2, 0.25) is 0 Å². The second-order valence-electron chi connectivity index (χ2n) is 5.42. The van der Waals surface area contributed by atoms with E-state index in [9.17, 15) is 12.8 Å². The van der Waals surface area contributed by atoms with Crippen molar-refractivity contribution in [2.24, 2.45) is 0 Å². The summed E-state index contributed by atoms with van der Waals surface area (Å²) in [5.74, 6) is 0.589. The minimum atomic E-state index is -3.72. The highest BCUT2D eigenvalue weighted by Gasteiger charge is 2.17. The zero-order valence-electron chi connectivity index (χ0n) is 14.8. The molecule has 0 atom stereocenters. The van der Waals surface area contributed by atoms with Crippen molar-refractivity contribution in [3.05, 3.63) is 42.5 Å². The molecular formula is C17H17FN4O4S. The molecule has 3 aromatic rings. The van der Waals surface area contributed by atoms with Gasteiger partial charge in [0, 0.05) is 12.1 Å². The van der Waals surface area contributed by atoms with Crippen LogP contribution in [0.15, 0.2) is 41.6 Å². The van der Waals surface area contributed by atoms with Gasteiger partial charge in [-0.3, -0.25) is 0 Å². The standard InChI is InChI=1S/C17H17FN4O4S/c1-19-27(23,24)11-4-5-12(18)13(8-11)22-17-16-14(20-9-21-17)6-10(25-2)7-15(16)26-3/h4-9,19H,1-3H3,(H,20,21,22). The van der Waals surface area contributed by atoms with Crippen molar-refractivity contribution in [1.29, 1.82) is 0 Å². The van der Waals surface area contributed by atoms with E-state index in [0.29, 0.717) is 22.4 Å². The summed E-state index contributed by atoms with van der Waals surface area (Å²) in [5.41, 5.74) is 0.465. The molecule has 0 fully saturated rings. The van der Waals surface area contributed by atoms with Gasteiger partial charge in [0.2, 0.25) is 10.0 Å². The zero-order chi connectivity index (χ0) is 19.6. The first-order chi connectivity index (χ1) is 12.9. The van der Waals surface area contributed by atoms with Crippen LogP contribution in [0.3, 0.4) is 0 Å². The molecule has 27 heavy (non-hydrogen) atoms. The van der Waals surface area contributed by atoms with Gasteiger partial charge >= 0.3 is 0 Å². The van der Waals surface area contributed by atoms with E-state index in [1.54, 1.807) is 12.1 Å². The third-order valence-corrected chi connectivity index (χ3v) is 5.31. The first-order valence-corrected chi connectivity index (χ1v) is 9.24. The predicted octanol–water partition coefficient (Wildman–Crippen LogP) is 2.44. The molecule has 0 amide bonds. The van der Waals surface area contributed by atoms with Crippen LogP contribution < -0.4 is 19.5 Å². The van der Waals surface area contributed by atoms with Gasteiger partial charge in [0.1, 0.15) is 29.5 Å². The van der Waals surface area contributed by atoms with Gasteiger partial charge in [-0.15, -0.1) is 0 Å². The van der Waals surface area contributed by atoms with Crippen molar-refractivity contribution in [3.63, 3.8) is 0 Å². The van der Waals surface area contributed by atoms with Crippen molar-refractivity contribution >= 4 is 32.4 Å². The number of ether oxygens (including phenoxy) is 2. The molecule has 1 aromatic heterocycles. The van der Waals surface area contributed by atoms with Gasteiger partial charge in [0.25, 0.3) is 0 Å². The summed E-state index contributed by atoms with van der Waals surface area (Å²) in [6, 6.07) is 6.76.